The molecule has 6 nitrogen and oxygen atoms in total. The number of amides is 2. The average Bonchev–Trinajstić information content (AvgIpc) is 3.00. The standard InChI is InChI=1S/C27H32Cl4N4O2/c28-19-4-5-23(24(31)15-19)26(36)32-16-22-6-11-35(17-18-12-20(29)14-21(30)13-18)27(37)25(33-22)7-10-34-8-2-1-3-9-34/h4-5,12-15,22,25,33H,1-3,6-11,16-17H2,(H,32,36)/t22-,25-/m0/s1. The largest absolute Gasteiger partial charge is 0.350 e. The van der Waals surface area contributed by atoms with Gasteiger partial charge in [0.1, 0.15) is 0 Å². The maximum absolute atomic E-state index is 13.6. The van der Waals surface area contributed by atoms with Gasteiger partial charge in [0, 0.05) is 47.3 Å². The third-order valence-electron chi connectivity index (χ3n) is 6.96. The highest BCUT2D eigenvalue weighted by atomic mass is 35.5. The summed E-state index contributed by atoms with van der Waals surface area (Å²) in [5.41, 5.74) is 1.27. The second-order valence-electron chi connectivity index (χ2n) is 9.77. The Balaban J connectivity index is 1.44. The van der Waals surface area contributed by atoms with Gasteiger partial charge in [-0.15, -0.1) is 0 Å². The molecule has 2 heterocycles. The van der Waals surface area contributed by atoms with Crippen LogP contribution in [0.2, 0.25) is 20.1 Å². The second-order valence-corrected chi connectivity index (χ2v) is 11.5. The summed E-state index contributed by atoms with van der Waals surface area (Å²) in [6.07, 6.45) is 5.08. The zero-order valence-corrected chi connectivity index (χ0v) is 23.6. The molecule has 0 aromatic heterocycles. The number of hydrogen-bond donors (Lipinski definition) is 2. The lowest BCUT2D eigenvalue weighted by Crippen LogP contribution is -2.50. The Morgan fingerprint density at radius 2 is 1.68 bits per heavy atom. The number of rotatable bonds is 8. The fraction of sp³-hybridized carbons (Fsp3) is 0.481. The summed E-state index contributed by atoms with van der Waals surface area (Å²) in [7, 11) is 0. The van der Waals surface area contributed by atoms with Crippen molar-refractivity contribution in [3.05, 3.63) is 67.6 Å². The number of nitrogens with one attached hydrogen (secondary N) is 2. The highest BCUT2D eigenvalue weighted by Crippen LogP contribution is 2.23. The minimum Gasteiger partial charge on any atom is -0.350 e. The van der Waals surface area contributed by atoms with Crippen LogP contribution in [0.5, 0.6) is 0 Å². The quantitative estimate of drug-likeness (QED) is 0.419. The van der Waals surface area contributed by atoms with Gasteiger partial charge in [-0.1, -0.05) is 52.8 Å². The summed E-state index contributed by atoms with van der Waals surface area (Å²) >= 11 is 24.6. The van der Waals surface area contributed by atoms with E-state index in [1.807, 2.05) is 17.0 Å². The summed E-state index contributed by atoms with van der Waals surface area (Å²) in [6, 6.07) is 9.76. The van der Waals surface area contributed by atoms with E-state index in [1.54, 1.807) is 24.3 Å². The smallest absolute Gasteiger partial charge is 0.252 e. The molecule has 2 aliphatic rings. The molecule has 0 saturated carbocycles. The van der Waals surface area contributed by atoms with E-state index in [4.69, 9.17) is 46.4 Å². The summed E-state index contributed by atoms with van der Waals surface area (Å²) in [6.45, 7) is 4.38. The van der Waals surface area contributed by atoms with E-state index in [2.05, 4.69) is 15.5 Å². The Labute approximate surface area is 238 Å². The van der Waals surface area contributed by atoms with E-state index in [-0.39, 0.29) is 23.9 Å². The van der Waals surface area contributed by atoms with E-state index in [9.17, 15) is 9.59 Å². The highest BCUT2D eigenvalue weighted by molar-refractivity contribution is 6.36. The van der Waals surface area contributed by atoms with Crippen molar-refractivity contribution in [1.29, 1.82) is 0 Å². The van der Waals surface area contributed by atoms with Gasteiger partial charge in [-0.25, -0.2) is 0 Å². The molecule has 0 unspecified atom stereocenters. The Morgan fingerprint density at radius 3 is 2.38 bits per heavy atom. The number of carbonyl (C=O) groups is 2. The molecule has 37 heavy (non-hydrogen) atoms. The van der Waals surface area contributed by atoms with Gasteiger partial charge in [0.05, 0.1) is 16.6 Å². The lowest BCUT2D eigenvalue weighted by Gasteiger charge is -2.30. The normalized spacial score (nSPS) is 21.1. The molecule has 10 heteroatoms. The lowest BCUT2D eigenvalue weighted by atomic mass is 10.1. The Morgan fingerprint density at radius 1 is 0.946 bits per heavy atom. The van der Waals surface area contributed by atoms with E-state index in [0.717, 1.165) is 25.2 Å². The number of benzene rings is 2. The number of nitrogens with zero attached hydrogens (tertiary/aromatic N) is 2. The van der Waals surface area contributed by atoms with Crippen molar-refractivity contribution in [2.45, 2.75) is 50.7 Å². The monoisotopic (exact) mass is 584 g/mol. The van der Waals surface area contributed by atoms with E-state index in [0.29, 0.717) is 58.1 Å². The predicted molar refractivity (Wildman–Crippen MR) is 151 cm³/mol. The molecule has 2 saturated heterocycles. The molecule has 2 N–H and O–H groups in total. The van der Waals surface area contributed by atoms with Crippen LogP contribution >= 0.6 is 46.4 Å². The molecule has 2 amide bonds. The minimum absolute atomic E-state index is 0.0580. The van der Waals surface area contributed by atoms with Crippen molar-refractivity contribution in [3.63, 3.8) is 0 Å². The van der Waals surface area contributed by atoms with Crippen LogP contribution in [-0.2, 0) is 11.3 Å². The molecule has 2 aromatic rings. The third-order valence-corrected chi connectivity index (χ3v) is 7.94. The molecule has 4 rings (SSSR count). The van der Waals surface area contributed by atoms with Gasteiger partial charge in [0.2, 0.25) is 5.91 Å². The van der Waals surface area contributed by atoms with Crippen molar-refractivity contribution in [2.24, 2.45) is 0 Å². The summed E-state index contributed by atoms with van der Waals surface area (Å²) < 4.78 is 0. The van der Waals surface area contributed by atoms with E-state index >= 15 is 0 Å². The zero-order chi connectivity index (χ0) is 26.4. The van der Waals surface area contributed by atoms with Gasteiger partial charge >= 0.3 is 0 Å². The average molecular weight is 586 g/mol. The van der Waals surface area contributed by atoms with Gasteiger partial charge < -0.3 is 20.4 Å². The molecule has 2 aromatic carbocycles. The summed E-state index contributed by atoms with van der Waals surface area (Å²) in [5.74, 6) is -0.211. The van der Waals surface area contributed by atoms with Crippen LogP contribution in [0.15, 0.2) is 36.4 Å². The van der Waals surface area contributed by atoms with Gasteiger partial charge in [-0.3, -0.25) is 9.59 Å². The number of hydrogen-bond acceptors (Lipinski definition) is 4. The van der Waals surface area contributed by atoms with Crippen LogP contribution in [0.4, 0.5) is 0 Å². The predicted octanol–water partition coefficient (Wildman–Crippen LogP) is 5.67. The first kappa shape index (κ1) is 28.5. The number of carbonyl (C=O) groups excluding carboxylic acids is 2. The molecular weight excluding hydrogens is 554 g/mol. The first-order chi connectivity index (χ1) is 17.8. The zero-order valence-electron chi connectivity index (χ0n) is 20.6. The van der Waals surface area contributed by atoms with Crippen LogP contribution in [-0.4, -0.2) is 66.4 Å². The fourth-order valence-corrected chi connectivity index (χ4v) is 6.07. The third kappa shape index (κ3) is 8.22. The Bertz CT molecular complexity index is 1090. The van der Waals surface area contributed by atoms with Crippen molar-refractivity contribution in [1.82, 2.24) is 20.4 Å². The van der Waals surface area contributed by atoms with Crippen LogP contribution < -0.4 is 10.6 Å². The van der Waals surface area contributed by atoms with Crippen LogP contribution in [0.1, 0.15) is 48.0 Å². The Hall–Kier alpha value is -1.54. The second kappa shape index (κ2) is 13.5. The topological polar surface area (TPSA) is 64.7 Å². The maximum atomic E-state index is 13.6. The minimum atomic E-state index is -0.347. The van der Waals surface area contributed by atoms with Crippen LogP contribution in [0.25, 0.3) is 0 Å². The van der Waals surface area contributed by atoms with Crippen molar-refractivity contribution >= 4 is 58.2 Å². The number of likely N-dealkylation sites (tertiary alicyclic amines) is 1. The molecule has 200 valence electrons. The Kier molecular flexibility index (Phi) is 10.4. The van der Waals surface area contributed by atoms with Gasteiger partial charge in [-0.05, 0) is 80.7 Å². The molecule has 2 aliphatic heterocycles. The van der Waals surface area contributed by atoms with Crippen molar-refractivity contribution in [3.8, 4) is 0 Å². The molecule has 0 aliphatic carbocycles. The molecule has 0 bridgehead atoms. The summed E-state index contributed by atoms with van der Waals surface area (Å²) in [4.78, 5) is 30.7. The van der Waals surface area contributed by atoms with E-state index < -0.39 is 0 Å². The highest BCUT2D eigenvalue weighted by Gasteiger charge is 2.31. The van der Waals surface area contributed by atoms with Crippen LogP contribution in [0.3, 0.4) is 0 Å². The SMILES string of the molecule is O=C(NC[C@@H]1CCN(Cc2cc(Cl)cc(Cl)c2)C(=O)[C@H](CCN2CCCCC2)N1)c1ccc(Cl)cc1Cl. The molecule has 2 atom stereocenters. The fourth-order valence-electron chi connectivity index (χ4n) is 5.01. The first-order valence-electron chi connectivity index (χ1n) is 12.7. The first-order valence-corrected chi connectivity index (χ1v) is 14.2. The van der Waals surface area contributed by atoms with Crippen LogP contribution in [0, 0.1) is 0 Å². The van der Waals surface area contributed by atoms with Gasteiger partial charge in [0.25, 0.3) is 5.91 Å². The molecule has 2 fully saturated rings. The number of halogens is 4. The summed E-state index contributed by atoms with van der Waals surface area (Å²) in [5, 5.41) is 8.38. The maximum Gasteiger partial charge on any atom is 0.252 e. The van der Waals surface area contributed by atoms with E-state index in [1.165, 1.54) is 19.3 Å². The lowest BCUT2D eigenvalue weighted by molar-refractivity contribution is -0.133. The molecular formula is C27H32Cl4N4O2. The van der Waals surface area contributed by atoms with Gasteiger partial charge in [-0.2, -0.15) is 0 Å². The van der Waals surface area contributed by atoms with Gasteiger partial charge in [0.15, 0.2) is 0 Å². The molecule has 0 radical (unpaired) electrons. The number of piperidine rings is 1. The van der Waals surface area contributed by atoms with Crippen molar-refractivity contribution in [2.75, 3.05) is 32.7 Å². The van der Waals surface area contributed by atoms with Crippen molar-refractivity contribution < 1.29 is 9.59 Å². The molecule has 0 spiro atoms.